The Morgan fingerprint density at radius 3 is 1.77 bits per heavy atom. The van der Waals surface area contributed by atoms with Gasteiger partial charge in [-0.3, -0.25) is 0 Å². The first-order chi connectivity index (χ1) is 10.8. The third-order valence-corrected chi connectivity index (χ3v) is 5.97. The summed E-state index contributed by atoms with van der Waals surface area (Å²) < 4.78 is 5.48. The molecule has 2 aliphatic heterocycles. The summed E-state index contributed by atoms with van der Waals surface area (Å²) in [5, 5.41) is 0. The fourth-order valence-corrected chi connectivity index (χ4v) is 4.17. The molecule has 0 bridgehead atoms. The predicted octanol–water partition coefficient (Wildman–Crippen LogP) is 5.41. The molecular weight excluding hydrogens is 270 g/mol. The molecule has 2 nitrogen and oxygen atoms in total. The molecule has 1 spiro atoms. The van der Waals surface area contributed by atoms with Crippen molar-refractivity contribution in [2.75, 3.05) is 26.3 Å². The van der Waals surface area contributed by atoms with Gasteiger partial charge in [0.15, 0.2) is 0 Å². The quantitative estimate of drug-likeness (QED) is 0.473. The molecule has 2 aliphatic rings. The van der Waals surface area contributed by atoms with Gasteiger partial charge in [0.1, 0.15) is 0 Å². The number of hydrogen-bond acceptors (Lipinski definition) is 2. The molecule has 0 aromatic heterocycles. The Labute approximate surface area is 139 Å². The highest BCUT2D eigenvalue weighted by Gasteiger charge is 2.41. The second-order valence-corrected chi connectivity index (χ2v) is 7.88. The molecule has 0 atom stereocenters. The summed E-state index contributed by atoms with van der Waals surface area (Å²) in [5.41, 5.74) is 0.589. The SMILES string of the molecule is CCCCCCC(CCCCCC)N1CCC2(CC1)COC2. The zero-order valence-corrected chi connectivity index (χ0v) is 15.2. The summed E-state index contributed by atoms with van der Waals surface area (Å²) in [6.45, 7) is 9.36. The van der Waals surface area contributed by atoms with Gasteiger partial charge in [-0.1, -0.05) is 65.2 Å². The Bertz CT molecular complexity index is 265. The molecule has 2 saturated heterocycles. The number of nitrogens with zero attached hydrogens (tertiary/aromatic N) is 1. The molecule has 0 radical (unpaired) electrons. The highest BCUT2D eigenvalue weighted by atomic mass is 16.5. The van der Waals surface area contributed by atoms with Crippen molar-refractivity contribution in [1.82, 2.24) is 4.90 Å². The maximum atomic E-state index is 5.48. The van der Waals surface area contributed by atoms with E-state index in [1.165, 1.54) is 90.1 Å². The minimum Gasteiger partial charge on any atom is -0.380 e. The Morgan fingerprint density at radius 2 is 1.36 bits per heavy atom. The lowest BCUT2D eigenvalue weighted by atomic mass is 9.76. The fourth-order valence-electron chi connectivity index (χ4n) is 4.17. The molecule has 130 valence electrons. The van der Waals surface area contributed by atoms with E-state index < -0.39 is 0 Å². The number of hydrogen-bond donors (Lipinski definition) is 0. The predicted molar refractivity (Wildman–Crippen MR) is 95.4 cm³/mol. The number of rotatable bonds is 11. The third kappa shape index (κ3) is 5.53. The second kappa shape index (κ2) is 9.93. The Kier molecular flexibility index (Phi) is 8.24. The summed E-state index contributed by atoms with van der Waals surface area (Å²) in [7, 11) is 0. The highest BCUT2D eigenvalue weighted by Crippen LogP contribution is 2.39. The van der Waals surface area contributed by atoms with E-state index in [1.807, 2.05) is 0 Å². The van der Waals surface area contributed by atoms with Gasteiger partial charge in [0.25, 0.3) is 0 Å². The van der Waals surface area contributed by atoms with E-state index in [2.05, 4.69) is 18.7 Å². The van der Waals surface area contributed by atoms with Gasteiger partial charge >= 0.3 is 0 Å². The molecule has 2 heterocycles. The first-order valence-corrected chi connectivity index (χ1v) is 10.1. The lowest BCUT2D eigenvalue weighted by Crippen LogP contribution is -2.53. The summed E-state index contributed by atoms with van der Waals surface area (Å²) in [6, 6.07) is 0.868. The van der Waals surface area contributed by atoms with Crippen LogP contribution in [0.25, 0.3) is 0 Å². The Morgan fingerprint density at radius 1 is 0.818 bits per heavy atom. The molecule has 2 heteroatoms. The van der Waals surface area contributed by atoms with Crippen molar-refractivity contribution in [2.45, 2.75) is 96.9 Å². The van der Waals surface area contributed by atoms with Crippen LogP contribution in [0.5, 0.6) is 0 Å². The fraction of sp³-hybridized carbons (Fsp3) is 1.00. The van der Waals surface area contributed by atoms with E-state index in [0.717, 1.165) is 19.3 Å². The van der Waals surface area contributed by atoms with Crippen molar-refractivity contribution >= 4 is 0 Å². The van der Waals surface area contributed by atoms with Gasteiger partial charge in [-0.05, 0) is 38.8 Å². The van der Waals surface area contributed by atoms with Crippen molar-refractivity contribution in [2.24, 2.45) is 5.41 Å². The molecule has 0 N–H and O–H groups in total. The van der Waals surface area contributed by atoms with Crippen LogP contribution in [-0.4, -0.2) is 37.2 Å². The van der Waals surface area contributed by atoms with E-state index in [0.29, 0.717) is 5.41 Å². The summed E-state index contributed by atoms with van der Waals surface area (Å²) >= 11 is 0. The van der Waals surface area contributed by atoms with Crippen LogP contribution in [-0.2, 0) is 4.74 Å². The van der Waals surface area contributed by atoms with Crippen LogP contribution < -0.4 is 0 Å². The number of likely N-dealkylation sites (tertiary alicyclic amines) is 1. The molecule has 2 fully saturated rings. The maximum Gasteiger partial charge on any atom is 0.0545 e. The molecule has 0 saturated carbocycles. The third-order valence-electron chi connectivity index (χ3n) is 5.97. The van der Waals surface area contributed by atoms with Crippen LogP contribution in [0.3, 0.4) is 0 Å². The first kappa shape index (κ1) is 18.3. The van der Waals surface area contributed by atoms with Crippen LogP contribution in [0, 0.1) is 5.41 Å². The Balaban J connectivity index is 1.72. The zero-order valence-electron chi connectivity index (χ0n) is 15.2. The van der Waals surface area contributed by atoms with Gasteiger partial charge in [-0.2, -0.15) is 0 Å². The van der Waals surface area contributed by atoms with Crippen molar-refractivity contribution in [1.29, 1.82) is 0 Å². The lowest BCUT2D eigenvalue weighted by molar-refractivity contribution is -0.143. The van der Waals surface area contributed by atoms with Crippen molar-refractivity contribution in [3.63, 3.8) is 0 Å². The molecule has 22 heavy (non-hydrogen) atoms. The van der Waals surface area contributed by atoms with Gasteiger partial charge in [-0.15, -0.1) is 0 Å². The van der Waals surface area contributed by atoms with Gasteiger partial charge < -0.3 is 9.64 Å². The van der Waals surface area contributed by atoms with Crippen LogP contribution in [0.1, 0.15) is 90.9 Å². The zero-order chi connectivity index (χ0) is 15.7. The van der Waals surface area contributed by atoms with Crippen molar-refractivity contribution in [3.8, 4) is 0 Å². The molecule has 0 aromatic rings. The van der Waals surface area contributed by atoms with Gasteiger partial charge in [0.05, 0.1) is 13.2 Å². The highest BCUT2D eigenvalue weighted by molar-refractivity contribution is 4.92. The van der Waals surface area contributed by atoms with E-state index >= 15 is 0 Å². The number of ether oxygens (including phenoxy) is 1. The minimum absolute atomic E-state index is 0.589. The Hall–Kier alpha value is -0.0800. The van der Waals surface area contributed by atoms with Crippen molar-refractivity contribution < 1.29 is 4.74 Å². The van der Waals surface area contributed by atoms with E-state index in [1.54, 1.807) is 0 Å². The molecule has 0 unspecified atom stereocenters. The van der Waals surface area contributed by atoms with Crippen LogP contribution in [0.2, 0.25) is 0 Å². The molecule has 0 aromatic carbocycles. The maximum absolute atomic E-state index is 5.48. The van der Waals surface area contributed by atoms with E-state index in [9.17, 15) is 0 Å². The summed E-state index contributed by atoms with van der Waals surface area (Å²) in [4.78, 5) is 2.83. The lowest BCUT2D eigenvalue weighted by Gasteiger charge is -2.49. The largest absolute Gasteiger partial charge is 0.380 e. The topological polar surface area (TPSA) is 12.5 Å². The van der Waals surface area contributed by atoms with Crippen LogP contribution in [0.4, 0.5) is 0 Å². The number of piperidine rings is 1. The molecular formula is C20H39NO. The molecule has 2 rings (SSSR count). The first-order valence-electron chi connectivity index (χ1n) is 10.1. The van der Waals surface area contributed by atoms with E-state index in [-0.39, 0.29) is 0 Å². The van der Waals surface area contributed by atoms with Gasteiger partial charge in [-0.25, -0.2) is 0 Å². The minimum atomic E-state index is 0.589. The molecule has 0 amide bonds. The van der Waals surface area contributed by atoms with Crippen LogP contribution >= 0.6 is 0 Å². The average molecular weight is 310 g/mol. The van der Waals surface area contributed by atoms with Crippen LogP contribution in [0.15, 0.2) is 0 Å². The smallest absolute Gasteiger partial charge is 0.0545 e. The van der Waals surface area contributed by atoms with Gasteiger partial charge in [0.2, 0.25) is 0 Å². The average Bonchev–Trinajstić information content (AvgIpc) is 2.52. The molecule has 0 aliphatic carbocycles. The summed E-state index contributed by atoms with van der Waals surface area (Å²) in [5.74, 6) is 0. The normalized spacial score (nSPS) is 21.4. The van der Waals surface area contributed by atoms with Gasteiger partial charge in [0, 0.05) is 11.5 Å². The number of unbranched alkanes of at least 4 members (excludes halogenated alkanes) is 6. The monoisotopic (exact) mass is 309 g/mol. The second-order valence-electron chi connectivity index (χ2n) is 7.88. The van der Waals surface area contributed by atoms with Crippen molar-refractivity contribution in [3.05, 3.63) is 0 Å². The van der Waals surface area contributed by atoms with E-state index in [4.69, 9.17) is 4.74 Å². The standard InChI is InChI=1S/C20H39NO/c1-3-5-7-9-11-19(12-10-8-6-4-2)21-15-13-20(14-16-21)17-22-18-20/h19H,3-18H2,1-2H3. The summed E-state index contributed by atoms with van der Waals surface area (Å²) in [6.07, 6.45) is 17.0.